The van der Waals surface area contributed by atoms with Crippen molar-refractivity contribution in [1.82, 2.24) is 4.90 Å². The zero-order chi connectivity index (χ0) is 21.2. The highest BCUT2D eigenvalue weighted by molar-refractivity contribution is 5.76. The Labute approximate surface area is 170 Å². The van der Waals surface area contributed by atoms with Crippen molar-refractivity contribution in [2.75, 3.05) is 6.54 Å². The van der Waals surface area contributed by atoms with E-state index in [1.807, 2.05) is 25.7 Å². The summed E-state index contributed by atoms with van der Waals surface area (Å²) in [5.74, 6) is 0.257. The Hall–Kier alpha value is -1.36. The number of hydrogen-bond donors (Lipinski definition) is 1. The quantitative estimate of drug-likeness (QED) is 0.554. The van der Waals surface area contributed by atoms with E-state index in [0.29, 0.717) is 13.0 Å². The Morgan fingerprint density at radius 2 is 2.00 bits per heavy atom. The second-order valence-corrected chi connectivity index (χ2v) is 9.01. The molecule has 6 atom stereocenters. The van der Waals surface area contributed by atoms with E-state index < -0.39 is 11.7 Å². The standard InChI is InChI=1S/C23H37NO4/c1-8-22(26)24(14(2)3)13-16(5)19-10-9-17(6)23(27)12-21(28-18(7)25)15(4)11-20(19)23/h11,14,16-17,19-21,27H,8-10,13H2,1-7H3/t16-,17-,19+,20-,21-,23-/m1/s1. The molecule has 1 N–H and O–H groups in total. The molecule has 2 radical (unpaired) electrons. The predicted octanol–water partition coefficient (Wildman–Crippen LogP) is 3.64. The van der Waals surface area contributed by atoms with Gasteiger partial charge in [-0.2, -0.15) is 0 Å². The Balaban J connectivity index is 2.27. The summed E-state index contributed by atoms with van der Waals surface area (Å²) in [6, 6.07) is 0.159. The molecule has 0 saturated heterocycles. The van der Waals surface area contributed by atoms with Crippen LogP contribution in [0.3, 0.4) is 0 Å². The molecule has 2 rings (SSSR count). The largest absolute Gasteiger partial charge is 0.457 e. The monoisotopic (exact) mass is 391 g/mol. The van der Waals surface area contributed by atoms with Crippen molar-refractivity contribution in [2.24, 2.45) is 23.7 Å². The Morgan fingerprint density at radius 1 is 1.36 bits per heavy atom. The van der Waals surface area contributed by atoms with E-state index >= 15 is 0 Å². The van der Waals surface area contributed by atoms with Crippen molar-refractivity contribution >= 4 is 11.9 Å². The number of esters is 1. The van der Waals surface area contributed by atoms with Gasteiger partial charge in [-0.25, -0.2) is 0 Å². The van der Waals surface area contributed by atoms with E-state index in [2.05, 4.69) is 33.3 Å². The number of ether oxygens (including phenoxy) is 1. The molecule has 0 aromatic heterocycles. The number of amides is 1. The highest BCUT2D eigenvalue weighted by Crippen LogP contribution is 2.50. The van der Waals surface area contributed by atoms with Gasteiger partial charge in [0.05, 0.1) is 12.0 Å². The van der Waals surface area contributed by atoms with Crippen LogP contribution in [0.2, 0.25) is 0 Å². The van der Waals surface area contributed by atoms with Gasteiger partial charge in [-0.1, -0.05) is 26.8 Å². The number of nitrogens with zero attached hydrogens (tertiary/aromatic N) is 1. The topological polar surface area (TPSA) is 66.8 Å². The van der Waals surface area contributed by atoms with Crippen LogP contribution >= 0.6 is 0 Å². The van der Waals surface area contributed by atoms with E-state index in [1.54, 1.807) is 0 Å². The van der Waals surface area contributed by atoms with Crippen LogP contribution < -0.4 is 0 Å². The Bertz CT molecular complexity index is 614. The maximum Gasteiger partial charge on any atom is 0.303 e. The molecule has 0 aliphatic heterocycles. The first-order valence-corrected chi connectivity index (χ1v) is 10.7. The van der Waals surface area contributed by atoms with E-state index in [-0.39, 0.29) is 41.6 Å². The Kier molecular flexibility index (Phi) is 7.35. The molecule has 158 valence electrons. The summed E-state index contributed by atoms with van der Waals surface area (Å²) in [5, 5.41) is 11.6. The number of carbonyl (C=O) groups is 2. The van der Waals surface area contributed by atoms with Crippen LogP contribution in [0.25, 0.3) is 0 Å². The Morgan fingerprint density at radius 3 is 2.54 bits per heavy atom. The van der Waals surface area contributed by atoms with Crippen molar-refractivity contribution in [1.29, 1.82) is 0 Å². The van der Waals surface area contributed by atoms with E-state index in [4.69, 9.17) is 4.74 Å². The highest BCUT2D eigenvalue weighted by Gasteiger charge is 2.53. The summed E-state index contributed by atoms with van der Waals surface area (Å²) in [5.41, 5.74) is -0.199. The average Bonchev–Trinajstić information content (AvgIpc) is 2.61. The number of rotatable bonds is 6. The van der Waals surface area contributed by atoms with Gasteiger partial charge in [0.25, 0.3) is 0 Å². The average molecular weight is 392 g/mol. The molecule has 0 bridgehead atoms. The molecule has 1 amide bonds. The highest BCUT2D eigenvalue weighted by atomic mass is 16.5. The summed E-state index contributed by atoms with van der Waals surface area (Å²) in [7, 11) is 0. The SMILES string of the molecule is CCC(=O)N(C[C@@H](C)[C@@H]1CC[C@@H](C)[C@]2(O)[C][C@@H](OC(C)=O)C(C)=C[C@H]12)C(C)C. The summed E-state index contributed by atoms with van der Waals surface area (Å²) in [6.45, 7) is 14.2. The zero-order valence-corrected chi connectivity index (χ0v) is 18.5. The molecule has 0 spiro atoms. The van der Waals surface area contributed by atoms with Crippen LogP contribution in [0, 0.1) is 30.1 Å². The molecule has 5 nitrogen and oxygen atoms in total. The van der Waals surface area contributed by atoms with Crippen molar-refractivity contribution < 1.29 is 19.4 Å². The molecule has 0 aromatic rings. The summed E-state index contributed by atoms with van der Waals surface area (Å²) >= 11 is 0. The number of aliphatic hydroxyl groups is 1. The molecule has 2 aliphatic carbocycles. The molecule has 0 heterocycles. The normalized spacial score (nSPS) is 33.7. The molecule has 0 aromatic carbocycles. The first-order chi connectivity index (χ1) is 13.0. The van der Waals surface area contributed by atoms with Gasteiger partial charge in [0.2, 0.25) is 5.91 Å². The molecule has 2 aliphatic rings. The molecule has 1 saturated carbocycles. The second kappa shape index (κ2) is 8.98. The fourth-order valence-corrected chi connectivity index (χ4v) is 4.86. The van der Waals surface area contributed by atoms with Crippen molar-refractivity contribution in [3.05, 3.63) is 18.1 Å². The predicted molar refractivity (Wildman–Crippen MR) is 109 cm³/mol. The summed E-state index contributed by atoms with van der Waals surface area (Å²) in [6.07, 6.45) is 7.11. The van der Waals surface area contributed by atoms with E-state index in [9.17, 15) is 14.7 Å². The molecule has 0 unspecified atom stereocenters. The molecule has 28 heavy (non-hydrogen) atoms. The van der Waals surface area contributed by atoms with Crippen molar-refractivity contribution in [2.45, 2.75) is 85.5 Å². The second-order valence-electron chi connectivity index (χ2n) is 9.01. The number of fused-ring (bicyclic) bond motifs is 1. The first kappa shape index (κ1) is 22.9. The van der Waals surface area contributed by atoms with Gasteiger partial charge in [0.15, 0.2) is 0 Å². The third kappa shape index (κ3) is 4.61. The van der Waals surface area contributed by atoms with Gasteiger partial charge in [-0.05, 0) is 56.9 Å². The van der Waals surface area contributed by atoms with Gasteiger partial charge < -0.3 is 14.7 Å². The van der Waals surface area contributed by atoms with Gasteiger partial charge in [0.1, 0.15) is 6.10 Å². The van der Waals surface area contributed by atoms with Crippen LogP contribution in [0.5, 0.6) is 0 Å². The lowest BCUT2D eigenvalue weighted by atomic mass is 9.57. The maximum absolute atomic E-state index is 12.4. The maximum atomic E-state index is 12.4. The van der Waals surface area contributed by atoms with Gasteiger partial charge in [-0.3, -0.25) is 9.59 Å². The molecule has 5 heteroatoms. The van der Waals surface area contributed by atoms with Gasteiger partial charge in [-0.15, -0.1) is 0 Å². The van der Waals surface area contributed by atoms with E-state index in [1.165, 1.54) is 6.92 Å². The van der Waals surface area contributed by atoms with Crippen LogP contribution in [0.4, 0.5) is 0 Å². The summed E-state index contributed by atoms with van der Waals surface area (Å²) < 4.78 is 5.37. The van der Waals surface area contributed by atoms with Crippen LogP contribution in [0.1, 0.15) is 67.7 Å². The smallest absolute Gasteiger partial charge is 0.303 e. The summed E-state index contributed by atoms with van der Waals surface area (Å²) in [4.78, 5) is 25.8. The third-order valence-corrected chi connectivity index (χ3v) is 6.62. The fourth-order valence-electron chi connectivity index (χ4n) is 4.86. The minimum atomic E-state index is -1.12. The number of carbonyl (C=O) groups excluding carboxylic acids is 2. The van der Waals surface area contributed by atoms with Crippen molar-refractivity contribution in [3.63, 3.8) is 0 Å². The van der Waals surface area contributed by atoms with Gasteiger partial charge in [0, 0.05) is 31.8 Å². The lowest BCUT2D eigenvalue weighted by molar-refractivity contribution is -0.148. The van der Waals surface area contributed by atoms with Crippen LogP contribution in [0.15, 0.2) is 11.6 Å². The molecule has 1 fully saturated rings. The lowest BCUT2D eigenvalue weighted by Crippen LogP contribution is -2.57. The fraction of sp³-hybridized carbons (Fsp3) is 0.783. The first-order valence-electron chi connectivity index (χ1n) is 10.7. The minimum Gasteiger partial charge on any atom is -0.457 e. The third-order valence-electron chi connectivity index (χ3n) is 6.62. The lowest BCUT2D eigenvalue weighted by Gasteiger charge is -2.52. The van der Waals surface area contributed by atoms with Crippen molar-refractivity contribution in [3.8, 4) is 0 Å². The van der Waals surface area contributed by atoms with Gasteiger partial charge >= 0.3 is 5.97 Å². The van der Waals surface area contributed by atoms with Crippen LogP contribution in [-0.4, -0.2) is 46.2 Å². The molecular weight excluding hydrogens is 354 g/mol. The minimum absolute atomic E-state index is 0.0434. The van der Waals surface area contributed by atoms with Crippen LogP contribution in [-0.2, 0) is 14.3 Å². The zero-order valence-electron chi connectivity index (χ0n) is 18.5. The van der Waals surface area contributed by atoms with E-state index in [0.717, 1.165) is 18.4 Å². The number of hydrogen-bond acceptors (Lipinski definition) is 4. The molecular formula is C23H37NO4.